The lowest BCUT2D eigenvalue weighted by Gasteiger charge is -2.29. The summed E-state index contributed by atoms with van der Waals surface area (Å²) in [7, 11) is 0. The van der Waals surface area contributed by atoms with Crippen molar-refractivity contribution in [1.82, 2.24) is 15.6 Å². The van der Waals surface area contributed by atoms with Crippen LogP contribution in [0.15, 0.2) is 0 Å². The summed E-state index contributed by atoms with van der Waals surface area (Å²) in [5.74, 6) is -2.03. The third-order valence-electron chi connectivity index (χ3n) is 3.40. The van der Waals surface area contributed by atoms with Gasteiger partial charge in [0.15, 0.2) is 0 Å². The molecule has 2 atom stereocenters. The Morgan fingerprint density at radius 2 is 2.00 bits per heavy atom. The van der Waals surface area contributed by atoms with Crippen molar-refractivity contribution >= 4 is 47.5 Å². The van der Waals surface area contributed by atoms with Crippen molar-refractivity contribution in [2.75, 3.05) is 13.1 Å². The largest absolute Gasteiger partial charge is 0.481 e. The number of halogens is 3. The number of nitrogens with one attached hydrogen (secondary N) is 3. The quantitative estimate of drug-likeness (QED) is 0.665. The molecule has 0 aliphatic carbocycles. The molecule has 118 valence electrons. The average Bonchev–Trinajstić information content (AvgIpc) is 2.67. The number of H-pyrrole nitrogens is 1. The van der Waals surface area contributed by atoms with E-state index in [1.54, 1.807) is 6.92 Å². The first-order valence-corrected chi connectivity index (χ1v) is 6.95. The topological polar surface area (TPSA) is 94.2 Å². The van der Waals surface area contributed by atoms with Crippen LogP contribution in [0.3, 0.4) is 0 Å². The number of hydrogen-bond donors (Lipinski definition) is 4. The zero-order chi connectivity index (χ0) is 14.9. The molecule has 1 aromatic rings. The molecule has 2 rings (SSSR count). The van der Waals surface area contributed by atoms with E-state index < -0.39 is 23.8 Å². The summed E-state index contributed by atoms with van der Waals surface area (Å²) in [6.07, 6.45) is 0.549. The predicted octanol–water partition coefficient (Wildman–Crippen LogP) is 1.84. The molecule has 1 saturated heterocycles. The van der Waals surface area contributed by atoms with Gasteiger partial charge in [0.1, 0.15) is 5.69 Å². The normalized spacial score (nSPS) is 21.5. The molecule has 21 heavy (non-hydrogen) atoms. The number of aliphatic carboxylic acids is 1. The number of carbonyl (C=O) groups is 2. The molecular weight excluding hydrogens is 341 g/mol. The highest BCUT2D eigenvalue weighted by Gasteiger charge is 2.32. The van der Waals surface area contributed by atoms with E-state index in [1.165, 1.54) is 0 Å². The van der Waals surface area contributed by atoms with Crippen molar-refractivity contribution in [2.24, 2.45) is 5.92 Å². The number of rotatable bonds is 3. The second kappa shape index (κ2) is 7.35. The lowest BCUT2D eigenvalue weighted by atomic mass is 9.93. The van der Waals surface area contributed by atoms with E-state index in [1.807, 2.05) is 0 Å². The van der Waals surface area contributed by atoms with E-state index in [0.29, 0.717) is 30.2 Å². The Labute approximate surface area is 138 Å². The number of hydrogen-bond acceptors (Lipinski definition) is 3. The summed E-state index contributed by atoms with van der Waals surface area (Å²) in [6, 6.07) is -0.431. The first-order chi connectivity index (χ1) is 9.41. The van der Waals surface area contributed by atoms with Crippen molar-refractivity contribution in [2.45, 2.75) is 19.4 Å². The van der Waals surface area contributed by atoms with Gasteiger partial charge in [-0.3, -0.25) is 9.59 Å². The van der Waals surface area contributed by atoms with Gasteiger partial charge in [0.25, 0.3) is 5.91 Å². The van der Waals surface area contributed by atoms with Crippen LogP contribution in [0, 0.1) is 12.8 Å². The molecule has 2 unspecified atom stereocenters. The minimum atomic E-state index is -0.936. The van der Waals surface area contributed by atoms with Gasteiger partial charge in [0.05, 0.1) is 16.0 Å². The molecule has 0 aromatic carbocycles. The van der Waals surface area contributed by atoms with Crippen LogP contribution in [0.2, 0.25) is 10.0 Å². The standard InChI is InChI=1S/C12H15Cl2N3O3.ClH/c1-5-8(13)9(14)10(16-5)11(18)17-7-2-3-15-4-6(7)12(19)20;/h6-7,15-16H,2-4H2,1H3,(H,17,18)(H,19,20);1H. The lowest BCUT2D eigenvalue weighted by molar-refractivity contribution is -0.143. The van der Waals surface area contributed by atoms with Gasteiger partial charge in [-0.25, -0.2) is 0 Å². The van der Waals surface area contributed by atoms with E-state index in [-0.39, 0.29) is 23.1 Å². The number of aryl methyl sites for hydroxylation is 1. The third kappa shape index (κ3) is 3.83. The Hall–Kier alpha value is -0.950. The Kier molecular flexibility index (Phi) is 6.34. The summed E-state index contributed by atoms with van der Waals surface area (Å²) in [4.78, 5) is 26.1. The summed E-state index contributed by atoms with van der Waals surface area (Å²) >= 11 is 11.9. The second-order valence-corrected chi connectivity index (χ2v) is 5.53. The van der Waals surface area contributed by atoms with E-state index in [2.05, 4.69) is 15.6 Å². The molecule has 1 fully saturated rings. The molecule has 0 spiro atoms. The SMILES string of the molecule is Cc1[nH]c(C(=O)NC2CCNCC2C(=O)O)c(Cl)c1Cl.Cl. The molecule has 1 aliphatic rings. The molecule has 0 radical (unpaired) electrons. The van der Waals surface area contributed by atoms with Crippen molar-refractivity contribution in [3.8, 4) is 0 Å². The van der Waals surface area contributed by atoms with Crippen LogP contribution in [-0.2, 0) is 4.79 Å². The maximum absolute atomic E-state index is 12.2. The molecule has 4 N–H and O–H groups in total. The number of aromatic amines is 1. The molecular formula is C12H16Cl3N3O3. The van der Waals surface area contributed by atoms with Gasteiger partial charge in [-0.2, -0.15) is 0 Å². The van der Waals surface area contributed by atoms with Crippen molar-refractivity contribution in [3.05, 3.63) is 21.4 Å². The number of carboxylic acids is 1. The van der Waals surface area contributed by atoms with Crippen molar-refractivity contribution < 1.29 is 14.7 Å². The average molecular weight is 357 g/mol. The first-order valence-electron chi connectivity index (χ1n) is 6.19. The maximum atomic E-state index is 12.2. The molecule has 0 bridgehead atoms. The number of piperidine rings is 1. The highest BCUT2D eigenvalue weighted by atomic mass is 35.5. The fourth-order valence-corrected chi connectivity index (χ4v) is 2.68. The summed E-state index contributed by atoms with van der Waals surface area (Å²) in [5.41, 5.74) is 0.763. The van der Waals surface area contributed by atoms with Gasteiger partial charge in [-0.15, -0.1) is 12.4 Å². The van der Waals surface area contributed by atoms with E-state index in [4.69, 9.17) is 28.3 Å². The molecule has 6 nitrogen and oxygen atoms in total. The summed E-state index contributed by atoms with van der Waals surface area (Å²) < 4.78 is 0. The van der Waals surface area contributed by atoms with E-state index >= 15 is 0 Å². The van der Waals surface area contributed by atoms with E-state index in [9.17, 15) is 9.59 Å². The van der Waals surface area contributed by atoms with Crippen LogP contribution in [0.4, 0.5) is 0 Å². The van der Waals surface area contributed by atoms with Gasteiger partial charge in [0, 0.05) is 18.3 Å². The molecule has 9 heteroatoms. The smallest absolute Gasteiger partial charge is 0.309 e. The Morgan fingerprint density at radius 3 is 2.52 bits per heavy atom. The van der Waals surface area contributed by atoms with Crippen molar-refractivity contribution in [1.29, 1.82) is 0 Å². The van der Waals surface area contributed by atoms with Gasteiger partial charge >= 0.3 is 5.97 Å². The zero-order valence-electron chi connectivity index (χ0n) is 11.2. The first kappa shape index (κ1) is 18.1. The number of amides is 1. The van der Waals surface area contributed by atoms with Crippen LogP contribution >= 0.6 is 35.6 Å². The van der Waals surface area contributed by atoms with Crippen LogP contribution < -0.4 is 10.6 Å². The third-order valence-corrected chi connectivity index (χ3v) is 4.34. The number of carboxylic acid groups (broad SMARTS) is 1. The van der Waals surface area contributed by atoms with E-state index in [0.717, 1.165) is 0 Å². The Morgan fingerprint density at radius 1 is 1.33 bits per heavy atom. The Bertz CT molecular complexity index is 547. The van der Waals surface area contributed by atoms with Crippen LogP contribution in [0.1, 0.15) is 22.6 Å². The fraction of sp³-hybridized carbons (Fsp3) is 0.500. The van der Waals surface area contributed by atoms with Gasteiger partial charge in [-0.05, 0) is 19.9 Å². The maximum Gasteiger partial charge on any atom is 0.309 e. The molecule has 1 amide bonds. The minimum absolute atomic E-state index is 0. The van der Waals surface area contributed by atoms with Crippen LogP contribution in [0.5, 0.6) is 0 Å². The van der Waals surface area contributed by atoms with Crippen molar-refractivity contribution in [3.63, 3.8) is 0 Å². The van der Waals surface area contributed by atoms with Gasteiger partial charge < -0.3 is 20.7 Å². The van der Waals surface area contributed by atoms with Gasteiger partial charge in [-0.1, -0.05) is 23.2 Å². The van der Waals surface area contributed by atoms with Gasteiger partial charge in [0.2, 0.25) is 0 Å². The lowest BCUT2D eigenvalue weighted by Crippen LogP contribution is -2.52. The van der Waals surface area contributed by atoms with Crippen LogP contribution in [-0.4, -0.2) is 41.1 Å². The molecule has 1 aromatic heterocycles. The summed E-state index contributed by atoms with van der Waals surface area (Å²) in [6.45, 7) is 2.70. The number of aromatic nitrogens is 1. The zero-order valence-corrected chi connectivity index (χ0v) is 13.5. The predicted molar refractivity (Wildman–Crippen MR) is 82.7 cm³/mol. The molecule has 1 aliphatic heterocycles. The highest BCUT2D eigenvalue weighted by molar-refractivity contribution is 6.44. The fourth-order valence-electron chi connectivity index (χ4n) is 2.26. The monoisotopic (exact) mass is 355 g/mol. The van der Waals surface area contributed by atoms with Crippen LogP contribution in [0.25, 0.3) is 0 Å². The summed E-state index contributed by atoms with van der Waals surface area (Å²) in [5, 5.41) is 15.3. The minimum Gasteiger partial charge on any atom is -0.481 e. The number of carbonyl (C=O) groups excluding carboxylic acids is 1. The Balaban J connectivity index is 0.00000220. The molecule has 0 saturated carbocycles. The second-order valence-electron chi connectivity index (χ2n) is 4.77. The highest BCUT2D eigenvalue weighted by Crippen LogP contribution is 2.29. The molecule has 2 heterocycles.